The Morgan fingerprint density at radius 2 is 2.00 bits per heavy atom. The van der Waals surface area contributed by atoms with E-state index < -0.39 is 17.2 Å². The van der Waals surface area contributed by atoms with Crippen LogP contribution in [0.15, 0.2) is 34.0 Å². The van der Waals surface area contributed by atoms with Gasteiger partial charge in [0.25, 0.3) is 5.56 Å². The highest BCUT2D eigenvalue weighted by atomic mass is 35.5. The molecule has 0 saturated heterocycles. The largest absolute Gasteiger partial charge is 0.486 e. The lowest BCUT2D eigenvalue weighted by Crippen LogP contribution is -2.37. The van der Waals surface area contributed by atoms with Gasteiger partial charge in [-0.1, -0.05) is 11.6 Å². The number of ether oxygens (including phenoxy) is 3. The molecule has 0 amide bonds. The van der Waals surface area contributed by atoms with E-state index >= 15 is 0 Å². The summed E-state index contributed by atoms with van der Waals surface area (Å²) in [7, 11) is 2.88. The maximum absolute atomic E-state index is 12.0. The molecule has 0 fully saturated rings. The van der Waals surface area contributed by atoms with E-state index in [1.165, 1.54) is 30.9 Å². The smallest absolute Gasteiger partial charge is 0.331 e. The van der Waals surface area contributed by atoms with Gasteiger partial charge in [-0.15, -0.1) is 0 Å². The molecule has 8 nitrogen and oxygen atoms in total. The Bertz CT molecular complexity index is 1040. The van der Waals surface area contributed by atoms with Crippen molar-refractivity contribution in [2.45, 2.75) is 6.61 Å². The SMILES string of the molecule is Cn1cc(/C=C/C(=O)OCc2cc(Cl)c3c(c2)OCCO3)c(=O)n(C)c1=O. The Hall–Kier alpha value is -3.00. The van der Waals surface area contributed by atoms with Crippen LogP contribution >= 0.6 is 11.6 Å². The third-order valence-corrected chi connectivity index (χ3v) is 4.19. The number of aromatic nitrogens is 2. The number of carbonyl (C=O) groups excluding carboxylic acids is 1. The average molecular weight is 393 g/mol. The van der Waals surface area contributed by atoms with Crippen LogP contribution in [-0.2, 0) is 30.2 Å². The lowest BCUT2D eigenvalue weighted by molar-refractivity contribution is -0.138. The number of nitrogens with zero attached hydrogens (tertiary/aromatic N) is 2. The zero-order valence-electron chi connectivity index (χ0n) is 14.7. The number of hydrogen-bond donors (Lipinski definition) is 0. The zero-order valence-corrected chi connectivity index (χ0v) is 15.5. The molecule has 27 heavy (non-hydrogen) atoms. The van der Waals surface area contributed by atoms with Gasteiger partial charge in [-0.3, -0.25) is 9.36 Å². The van der Waals surface area contributed by atoms with Crippen LogP contribution < -0.4 is 20.7 Å². The molecule has 1 aliphatic heterocycles. The number of rotatable bonds is 4. The first-order chi connectivity index (χ1) is 12.9. The third kappa shape index (κ3) is 4.06. The summed E-state index contributed by atoms with van der Waals surface area (Å²) in [6, 6.07) is 3.33. The minimum atomic E-state index is -0.642. The minimum Gasteiger partial charge on any atom is -0.486 e. The van der Waals surface area contributed by atoms with Crippen LogP contribution in [0.4, 0.5) is 0 Å². The summed E-state index contributed by atoms with van der Waals surface area (Å²) in [5.41, 5.74) is -0.112. The summed E-state index contributed by atoms with van der Waals surface area (Å²) in [4.78, 5) is 35.6. The second-order valence-corrected chi connectivity index (χ2v) is 6.29. The molecule has 0 N–H and O–H groups in total. The molecule has 1 aromatic heterocycles. The zero-order chi connectivity index (χ0) is 19.6. The van der Waals surface area contributed by atoms with Crippen LogP contribution in [-0.4, -0.2) is 28.3 Å². The van der Waals surface area contributed by atoms with Crippen LogP contribution in [0.2, 0.25) is 5.02 Å². The molecule has 1 aromatic carbocycles. The van der Waals surface area contributed by atoms with Gasteiger partial charge >= 0.3 is 11.7 Å². The molecule has 1 aliphatic rings. The summed E-state index contributed by atoms with van der Waals surface area (Å²) in [6.07, 6.45) is 3.79. The van der Waals surface area contributed by atoms with Crippen LogP contribution in [0.25, 0.3) is 6.08 Å². The van der Waals surface area contributed by atoms with Gasteiger partial charge in [-0.05, 0) is 23.8 Å². The third-order valence-electron chi connectivity index (χ3n) is 3.91. The van der Waals surface area contributed by atoms with Gasteiger partial charge in [0.15, 0.2) is 11.5 Å². The molecule has 2 heterocycles. The molecule has 142 valence electrons. The van der Waals surface area contributed by atoms with Crippen molar-refractivity contribution >= 4 is 23.6 Å². The van der Waals surface area contributed by atoms with E-state index in [9.17, 15) is 14.4 Å². The molecule has 0 bridgehead atoms. The van der Waals surface area contributed by atoms with E-state index in [2.05, 4.69) is 0 Å². The molecule has 0 saturated carbocycles. The van der Waals surface area contributed by atoms with Crippen molar-refractivity contribution in [3.05, 3.63) is 61.4 Å². The van der Waals surface area contributed by atoms with Gasteiger partial charge in [-0.25, -0.2) is 9.59 Å². The van der Waals surface area contributed by atoms with Crippen molar-refractivity contribution in [3.8, 4) is 11.5 Å². The fourth-order valence-electron chi connectivity index (χ4n) is 2.56. The average Bonchev–Trinajstić information content (AvgIpc) is 2.66. The van der Waals surface area contributed by atoms with E-state index in [4.69, 9.17) is 25.8 Å². The molecule has 3 rings (SSSR count). The summed E-state index contributed by atoms with van der Waals surface area (Å²) in [5, 5.41) is 0.377. The Labute approximate surface area is 159 Å². The minimum absolute atomic E-state index is 0.0230. The fourth-order valence-corrected chi connectivity index (χ4v) is 2.85. The van der Waals surface area contributed by atoms with Gasteiger partial charge in [0.2, 0.25) is 0 Å². The van der Waals surface area contributed by atoms with Crippen molar-refractivity contribution in [1.29, 1.82) is 0 Å². The van der Waals surface area contributed by atoms with Gasteiger partial charge in [0.1, 0.15) is 19.8 Å². The Kier molecular flexibility index (Phi) is 5.36. The first-order valence-electron chi connectivity index (χ1n) is 8.06. The standard InChI is InChI=1S/C18H17ClN2O6/c1-20-9-12(17(23)21(2)18(20)24)3-4-15(22)27-10-11-7-13(19)16-14(8-11)25-5-6-26-16/h3-4,7-9H,5-6,10H2,1-2H3/b4-3+. The molecule has 2 aromatic rings. The lowest BCUT2D eigenvalue weighted by Gasteiger charge is -2.20. The predicted octanol–water partition coefficient (Wildman–Crippen LogP) is 1.27. The normalized spacial score (nSPS) is 13.0. The van der Waals surface area contributed by atoms with E-state index in [1.54, 1.807) is 12.1 Å². The second-order valence-electron chi connectivity index (χ2n) is 5.88. The Morgan fingerprint density at radius 3 is 2.78 bits per heavy atom. The summed E-state index contributed by atoms with van der Waals surface area (Å²) in [5.74, 6) is 0.337. The quantitative estimate of drug-likeness (QED) is 0.575. The molecule has 0 unspecified atom stereocenters. The molecule has 0 atom stereocenters. The van der Waals surface area contributed by atoms with Gasteiger partial charge in [0, 0.05) is 26.4 Å². The lowest BCUT2D eigenvalue weighted by atomic mass is 10.2. The number of carbonyl (C=O) groups is 1. The highest BCUT2D eigenvalue weighted by molar-refractivity contribution is 6.32. The summed E-state index contributed by atoms with van der Waals surface area (Å²) >= 11 is 6.14. The van der Waals surface area contributed by atoms with Crippen LogP contribution in [0.3, 0.4) is 0 Å². The number of halogens is 1. The molecule has 0 spiro atoms. The molecule has 0 aliphatic carbocycles. The van der Waals surface area contributed by atoms with E-state index in [0.29, 0.717) is 35.3 Å². The molecular weight excluding hydrogens is 376 g/mol. The second kappa shape index (κ2) is 7.71. The first kappa shape index (κ1) is 18.8. The van der Waals surface area contributed by atoms with E-state index in [0.717, 1.165) is 10.6 Å². The number of fused-ring (bicyclic) bond motifs is 1. The fraction of sp³-hybridized carbons (Fsp3) is 0.278. The number of benzene rings is 1. The topological polar surface area (TPSA) is 88.8 Å². The van der Waals surface area contributed by atoms with E-state index in [-0.39, 0.29) is 12.2 Å². The number of hydrogen-bond acceptors (Lipinski definition) is 6. The monoisotopic (exact) mass is 392 g/mol. The van der Waals surface area contributed by atoms with Crippen LogP contribution in [0, 0.1) is 0 Å². The van der Waals surface area contributed by atoms with Gasteiger partial charge < -0.3 is 18.8 Å². The Balaban J connectivity index is 1.69. The van der Waals surface area contributed by atoms with Crippen molar-refractivity contribution in [1.82, 2.24) is 9.13 Å². The number of esters is 1. The maximum atomic E-state index is 12.0. The van der Waals surface area contributed by atoms with Crippen molar-refractivity contribution < 1.29 is 19.0 Å². The van der Waals surface area contributed by atoms with Gasteiger partial charge in [0.05, 0.1) is 10.6 Å². The predicted molar refractivity (Wildman–Crippen MR) is 98.2 cm³/mol. The van der Waals surface area contributed by atoms with E-state index in [1.807, 2.05) is 0 Å². The number of aryl methyl sites for hydroxylation is 1. The maximum Gasteiger partial charge on any atom is 0.331 e. The van der Waals surface area contributed by atoms with Gasteiger partial charge in [-0.2, -0.15) is 0 Å². The van der Waals surface area contributed by atoms with Crippen LogP contribution in [0.5, 0.6) is 11.5 Å². The Morgan fingerprint density at radius 1 is 1.26 bits per heavy atom. The summed E-state index contributed by atoms with van der Waals surface area (Å²) in [6.45, 7) is 0.824. The van der Waals surface area contributed by atoms with Crippen LogP contribution in [0.1, 0.15) is 11.1 Å². The highest BCUT2D eigenvalue weighted by Gasteiger charge is 2.17. The first-order valence-corrected chi connectivity index (χ1v) is 8.44. The molecule has 0 radical (unpaired) electrons. The highest BCUT2D eigenvalue weighted by Crippen LogP contribution is 2.38. The van der Waals surface area contributed by atoms with Crippen molar-refractivity contribution in [2.75, 3.05) is 13.2 Å². The molecule has 9 heteroatoms. The molecular formula is C18H17ClN2O6. The van der Waals surface area contributed by atoms with Crippen molar-refractivity contribution in [3.63, 3.8) is 0 Å². The summed E-state index contributed by atoms with van der Waals surface area (Å²) < 4.78 is 18.3. The van der Waals surface area contributed by atoms with Crippen molar-refractivity contribution in [2.24, 2.45) is 14.1 Å².